The predicted octanol–water partition coefficient (Wildman–Crippen LogP) is 0.447. The molecule has 0 aromatic heterocycles. The molecule has 0 amide bonds. The molecule has 15 heavy (non-hydrogen) atoms. The van der Waals surface area contributed by atoms with Crippen molar-refractivity contribution < 1.29 is 19.4 Å². The minimum atomic E-state index is -1.05. The molecule has 0 N–H and O–H groups in total. The fourth-order valence-electron chi connectivity index (χ4n) is 0.934. The number of esters is 1. The van der Waals surface area contributed by atoms with Gasteiger partial charge in [-0.25, -0.2) is 0 Å². The summed E-state index contributed by atoms with van der Waals surface area (Å²) < 4.78 is 4.90. The van der Waals surface area contributed by atoms with E-state index in [9.17, 15) is 14.7 Å². The van der Waals surface area contributed by atoms with E-state index in [1.54, 1.807) is 20.8 Å². The van der Waals surface area contributed by atoms with Crippen LogP contribution in [0.2, 0.25) is 0 Å². The third kappa shape index (κ3) is 7.25. The Kier molecular flexibility index (Phi) is 7.21. The van der Waals surface area contributed by atoms with Gasteiger partial charge in [-0.2, -0.15) is 0 Å². The first kappa shape index (κ1) is 14.3. The Morgan fingerprint density at radius 1 is 1.40 bits per heavy atom. The zero-order valence-electron chi connectivity index (χ0n) is 9.32. The number of carboxylic acids is 1. The number of aliphatic carboxylic acids is 1. The van der Waals surface area contributed by atoms with Crippen LogP contribution in [0.5, 0.6) is 0 Å². The highest BCUT2D eigenvalue weighted by Crippen LogP contribution is 2.12. The molecule has 0 radical (unpaired) electrons. The maximum Gasteiger partial charge on any atom is 0.316 e. The first-order valence-corrected chi connectivity index (χ1v) is 6.10. The van der Waals surface area contributed by atoms with Gasteiger partial charge in [0.25, 0.3) is 0 Å². The van der Waals surface area contributed by atoms with Gasteiger partial charge in [-0.1, -0.05) is 6.92 Å². The Morgan fingerprint density at radius 3 is 2.40 bits per heavy atom. The number of carbonyl (C=O) groups is 2. The maximum absolute atomic E-state index is 11.1. The van der Waals surface area contributed by atoms with Gasteiger partial charge in [0.1, 0.15) is 0 Å². The van der Waals surface area contributed by atoms with Crippen LogP contribution in [-0.4, -0.2) is 29.5 Å². The number of ether oxygens (including phenoxy) is 1. The van der Waals surface area contributed by atoms with Crippen LogP contribution in [0.1, 0.15) is 27.2 Å². The molecule has 4 nitrogen and oxygen atoms in total. The SMILES string of the molecule is CCC(CSCC(=O)OC(C)C)C(=O)[O-]. The number of hydrogen-bond acceptors (Lipinski definition) is 5. The van der Waals surface area contributed by atoms with E-state index >= 15 is 0 Å². The first-order valence-electron chi connectivity index (χ1n) is 4.95. The van der Waals surface area contributed by atoms with E-state index in [1.807, 2.05) is 0 Å². The monoisotopic (exact) mass is 233 g/mol. The molecule has 0 spiro atoms. The van der Waals surface area contributed by atoms with Crippen LogP contribution in [0, 0.1) is 5.92 Å². The second-order valence-corrected chi connectivity index (χ2v) is 4.51. The second-order valence-electron chi connectivity index (χ2n) is 3.48. The second kappa shape index (κ2) is 7.56. The Hall–Kier alpha value is -0.710. The summed E-state index contributed by atoms with van der Waals surface area (Å²) in [5.74, 6) is -1.25. The van der Waals surface area contributed by atoms with E-state index in [1.165, 1.54) is 11.8 Å². The smallest absolute Gasteiger partial charge is 0.316 e. The number of carbonyl (C=O) groups excluding carboxylic acids is 2. The van der Waals surface area contributed by atoms with Crippen molar-refractivity contribution in [3.05, 3.63) is 0 Å². The van der Waals surface area contributed by atoms with Crippen molar-refractivity contribution >= 4 is 23.7 Å². The average molecular weight is 233 g/mol. The molecule has 88 valence electrons. The molecule has 0 heterocycles. The summed E-state index contributed by atoms with van der Waals surface area (Å²) in [4.78, 5) is 21.6. The van der Waals surface area contributed by atoms with Gasteiger partial charge in [-0.15, -0.1) is 11.8 Å². The van der Waals surface area contributed by atoms with Crippen LogP contribution in [-0.2, 0) is 14.3 Å². The summed E-state index contributed by atoms with van der Waals surface area (Å²) in [6, 6.07) is 0. The van der Waals surface area contributed by atoms with E-state index in [4.69, 9.17) is 4.74 Å². The summed E-state index contributed by atoms with van der Waals surface area (Å²) >= 11 is 1.27. The molecule has 0 bridgehead atoms. The summed E-state index contributed by atoms with van der Waals surface area (Å²) in [5.41, 5.74) is 0. The van der Waals surface area contributed by atoms with Gasteiger partial charge >= 0.3 is 5.97 Å². The normalized spacial score (nSPS) is 12.5. The Balaban J connectivity index is 3.68. The molecule has 0 aromatic rings. The lowest BCUT2D eigenvalue weighted by Gasteiger charge is -2.15. The van der Waals surface area contributed by atoms with Crippen molar-refractivity contribution in [2.75, 3.05) is 11.5 Å². The zero-order chi connectivity index (χ0) is 11.8. The quantitative estimate of drug-likeness (QED) is 0.597. The van der Waals surface area contributed by atoms with Crippen molar-refractivity contribution in [2.24, 2.45) is 5.92 Å². The van der Waals surface area contributed by atoms with Crippen molar-refractivity contribution in [3.63, 3.8) is 0 Å². The standard InChI is InChI=1S/C10H18O4S/c1-4-8(10(12)13)5-15-6-9(11)14-7(2)3/h7-8H,4-6H2,1-3H3,(H,12,13)/p-1. The molecular formula is C10H17O4S-. The molecule has 0 aliphatic carbocycles. The van der Waals surface area contributed by atoms with E-state index in [-0.39, 0.29) is 17.8 Å². The molecule has 0 aromatic carbocycles. The first-order chi connectivity index (χ1) is 6.97. The Morgan fingerprint density at radius 2 is 2.00 bits per heavy atom. The minimum absolute atomic E-state index is 0.124. The van der Waals surface area contributed by atoms with E-state index in [2.05, 4.69) is 0 Å². The third-order valence-electron chi connectivity index (χ3n) is 1.73. The van der Waals surface area contributed by atoms with Gasteiger partial charge in [0.2, 0.25) is 0 Å². The van der Waals surface area contributed by atoms with Crippen LogP contribution in [0.3, 0.4) is 0 Å². The number of carboxylic acid groups (broad SMARTS) is 1. The summed E-state index contributed by atoms with van der Waals surface area (Å²) in [5, 5.41) is 10.5. The predicted molar refractivity (Wildman–Crippen MR) is 57.3 cm³/mol. The third-order valence-corrected chi connectivity index (χ3v) is 2.81. The molecule has 0 saturated carbocycles. The summed E-state index contributed by atoms with van der Waals surface area (Å²) in [6.07, 6.45) is 0.399. The molecule has 0 aliphatic heterocycles. The molecule has 0 rings (SSSR count). The van der Waals surface area contributed by atoms with Gasteiger partial charge in [-0.05, 0) is 20.3 Å². The fraction of sp³-hybridized carbons (Fsp3) is 0.800. The largest absolute Gasteiger partial charge is 0.550 e. The molecular weight excluding hydrogens is 216 g/mol. The van der Waals surface area contributed by atoms with Crippen molar-refractivity contribution in [1.82, 2.24) is 0 Å². The van der Waals surface area contributed by atoms with Crippen LogP contribution < -0.4 is 5.11 Å². The lowest BCUT2D eigenvalue weighted by atomic mass is 10.1. The molecule has 0 saturated heterocycles. The minimum Gasteiger partial charge on any atom is -0.550 e. The van der Waals surface area contributed by atoms with Crippen molar-refractivity contribution in [1.29, 1.82) is 0 Å². The summed E-state index contributed by atoms with van der Waals surface area (Å²) in [6.45, 7) is 5.34. The van der Waals surface area contributed by atoms with Gasteiger partial charge in [-0.3, -0.25) is 4.79 Å². The molecule has 1 atom stereocenters. The lowest BCUT2D eigenvalue weighted by molar-refractivity contribution is -0.310. The van der Waals surface area contributed by atoms with Crippen LogP contribution >= 0.6 is 11.8 Å². The van der Waals surface area contributed by atoms with Crippen LogP contribution in [0.15, 0.2) is 0 Å². The van der Waals surface area contributed by atoms with Crippen LogP contribution in [0.25, 0.3) is 0 Å². The van der Waals surface area contributed by atoms with Crippen molar-refractivity contribution in [2.45, 2.75) is 33.3 Å². The maximum atomic E-state index is 11.1. The number of rotatable bonds is 7. The molecule has 0 aliphatic rings. The molecule has 5 heteroatoms. The van der Waals surface area contributed by atoms with E-state index < -0.39 is 11.9 Å². The molecule has 0 fully saturated rings. The highest BCUT2D eigenvalue weighted by molar-refractivity contribution is 7.99. The number of thioether (sulfide) groups is 1. The Labute approximate surface area is 94.4 Å². The van der Waals surface area contributed by atoms with E-state index in [0.717, 1.165) is 0 Å². The molecule has 1 unspecified atom stereocenters. The number of hydrogen-bond donors (Lipinski definition) is 0. The van der Waals surface area contributed by atoms with Crippen molar-refractivity contribution in [3.8, 4) is 0 Å². The highest BCUT2D eigenvalue weighted by Gasteiger charge is 2.10. The summed E-state index contributed by atoms with van der Waals surface area (Å²) in [7, 11) is 0. The zero-order valence-corrected chi connectivity index (χ0v) is 10.1. The van der Waals surface area contributed by atoms with Gasteiger partial charge in [0.15, 0.2) is 0 Å². The lowest BCUT2D eigenvalue weighted by Crippen LogP contribution is -2.32. The Bertz CT molecular complexity index is 215. The van der Waals surface area contributed by atoms with Gasteiger partial charge in [0, 0.05) is 17.6 Å². The van der Waals surface area contributed by atoms with Gasteiger partial charge in [0.05, 0.1) is 11.9 Å². The van der Waals surface area contributed by atoms with Crippen LogP contribution in [0.4, 0.5) is 0 Å². The van der Waals surface area contributed by atoms with Gasteiger partial charge < -0.3 is 14.6 Å². The highest BCUT2D eigenvalue weighted by atomic mass is 32.2. The average Bonchev–Trinajstić information content (AvgIpc) is 2.10. The topological polar surface area (TPSA) is 66.4 Å². The fourth-order valence-corrected chi connectivity index (χ4v) is 1.94. The van der Waals surface area contributed by atoms with E-state index in [0.29, 0.717) is 12.2 Å².